The van der Waals surface area contributed by atoms with Crippen molar-refractivity contribution < 1.29 is 9.90 Å². The molecule has 1 amide bonds. The summed E-state index contributed by atoms with van der Waals surface area (Å²) in [6.45, 7) is 8.15. The fourth-order valence-corrected chi connectivity index (χ4v) is 2.59. The minimum Gasteiger partial charge on any atom is -0.388 e. The third-order valence-electron chi connectivity index (χ3n) is 3.21. The van der Waals surface area contributed by atoms with Crippen LogP contribution in [0.25, 0.3) is 0 Å². The Kier molecular flexibility index (Phi) is 7.18. The van der Waals surface area contributed by atoms with Crippen LogP contribution in [0.5, 0.6) is 0 Å². The fraction of sp³-hybridized carbons (Fsp3) is 0.625. The number of hydrogen-bond acceptors (Lipinski definition) is 4. The van der Waals surface area contributed by atoms with Crippen molar-refractivity contribution in [3.05, 3.63) is 24.4 Å². The van der Waals surface area contributed by atoms with Gasteiger partial charge in [-0.1, -0.05) is 31.7 Å². The molecule has 0 aliphatic carbocycles. The number of nitrogens with one attached hydrogen (secondary N) is 1. The molecule has 0 aliphatic heterocycles. The van der Waals surface area contributed by atoms with E-state index >= 15 is 0 Å². The molecule has 2 N–H and O–H groups in total. The summed E-state index contributed by atoms with van der Waals surface area (Å²) in [5.74, 6) is 0.473. The third-order valence-corrected chi connectivity index (χ3v) is 4.26. The minimum atomic E-state index is -0.852. The van der Waals surface area contributed by atoms with Crippen molar-refractivity contribution >= 4 is 17.7 Å². The van der Waals surface area contributed by atoms with E-state index in [1.807, 2.05) is 25.1 Å². The lowest BCUT2D eigenvalue weighted by Crippen LogP contribution is -2.43. The van der Waals surface area contributed by atoms with Crippen LogP contribution in [0.4, 0.5) is 0 Å². The zero-order chi connectivity index (χ0) is 15.9. The fourth-order valence-electron chi connectivity index (χ4n) is 1.76. The largest absolute Gasteiger partial charge is 0.388 e. The molecule has 0 saturated carbocycles. The average molecular weight is 310 g/mol. The molecule has 2 unspecified atom stereocenters. The van der Waals surface area contributed by atoms with E-state index in [2.05, 4.69) is 24.1 Å². The van der Waals surface area contributed by atoms with E-state index in [1.165, 1.54) is 11.8 Å². The van der Waals surface area contributed by atoms with Crippen LogP contribution < -0.4 is 5.32 Å². The summed E-state index contributed by atoms with van der Waals surface area (Å²) in [6, 6.07) is 5.63. The van der Waals surface area contributed by atoms with Crippen LogP contribution in [-0.4, -0.2) is 33.4 Å². The molecule has 0 aliphatic rings. The lowest BCUT2D eigenvalue weighted by Gasteiger charge is -2.25. The maximum atomic E-state index is 12.1. The second-order valence-electron chi connectivity index (χ2n) is 6.08. The van der Waals surface area contributed by atoms with Gasteiger partial charge in [0.1, 0.15) is 0 Å². The molecule has 0 spiro atoms. The van der Waals surface area contributed by atoms with E-state index in [0.29, 0.717) is 12.3 Å². The number of pyridine rings is 1. The second-order valence-corrected chi connectivity index (χ2v) is 7.44. The van der Waals surface area contributed by atoms with Gasteiger partial charge in [-0.2, -0.15) is 0 Å². The van der Waals surface area contributed by atoms with Crippen LogP contribution in [-0.2, 0) is 4.79 Å². The van der Waals surface area contributed by atoms with Crippen LogP contribution >= 0.6 is 11.8 Å². The molecule has 4 nitrogen and oxygen atoms in total. The first-order chi connectivity index (χ1) is 9.80. The molecule has 1 aromatic heterocycles. The molecule has 0 bridgehead atoms. The molecule has 0 radical (unpaired) electrons. The molecule has 118 valence electrons. The first-order valence-electron chi connectivity index (χ1n) is 7.38. The first kappa shape index (κ1) is 18.0. The highest BCUT2D eigenvalue weighted by molar-refractivity contribution is 8.00. The maximum Gasteiger partial charge on any atom is 0.233 e. The molecule has 0 fully saturated rings. The van der Waals surface area contributed by atoms with Gasteiger partial charge in [0.05, 0.1) is 15.9 Å². The van der Waals surface area contributed by atoms with E-state index in [-0.39, 0.29) is 17.7 Å². The molecule has 5 heteroatoms. The van der Waals surface area contributed by atoms with Gasteiger partial charge >= 0.3 is 0 Å². The zero-order valence-corrected chi connectivity index (χ0v) is 14.1. The smallest absolute Gasteiger partial charge is 0.233 e. The van der Waals surface area contributed by atoms with Crippen molar-refractivity contribution in [2.45, 2.75) is 56.4 Å². The van der Waals surface area contributed by atoms with Gasteiger partial charge in [0.2, 0.25) is 5.91 Å². The predicted octanol–water partition coefficient (Wildman–Crippen LogP) is 2.87. The highest BCUT2D eigenvalue weighted by Crippen LogP contribution is 2.21. The Morgan fingerprint density at radius 1 is 1.43 bits per heavy atom. The number of amides is 1. The van der Waals surface area contributed by atoms with Crippen molar-refractivity contribution in [2.75, 3.05) is 6.54 Å². The topological polar surface area (TPSA) is 62.2 Å². The van der Waals surface area contributed by atoms with Crippen molar-refractivity contribution in [3.8, 4) is 0 Å². The van der Waals surface area contributed by atoms with E-state index < -0.39 is 5.60 Å². The van der Waals surface area contributed by atoms with Gasteiger partial charge in [0, 0.05) is 12.7 Å². The Balaban J connectivity index is 2.38. The van der Waals surface area contributed by atoms with Gasteiger partial charge in [-0.25, -0.2) is 4.98 Å². The normalized spacial score (nSPS) is 15.5. The monoisotopic (exact) mass is 310 g/mol. The predicted molar refractivity (Wildman–Crippen MR) is 87.3 cm³/mol. The van der Waals surface area contributed by atoms with Crippen LogP contribution in [0, 0.1) is 5.92 Å². The van der Waals surface area contributed by atoms with Gasteiger partial charge in [-0.3, -0.25) is 4.79 Å². The number of nitrogens with zero attached hydrogens (tertiary/aromatic N) is 1. The van der Waals surface area contributed by atoms with Gasteiger partial charge < -0.3 is 10.4 Å². The van der Waals surface area contributed by atoms with Gasteiger partial charge in [0.25, 0.3) is 0 Å². The quantitative estimate of drug-likeness (QED) is 0.725. The van der Waals surface area contributed by atoms with E-state index in [1.54, 1.807) is 13.1 Å². The number of carbonyl (C=O) groups excluding carboxylic acids is 1. The molecule has 0 aromatic carbocycles. The summed E-state index contributed by atoms with van der Waals surface area (Å²) < 4.78 is 0. The first-order valence-corrected chi connectivity index (χ1v) is 8.26. The van der Waals surface area contributed by atoms with Crippen molar-refractivity contribution in [1.29, 1.82) is 0 Å². The second kappa shape index (κ2) is 8.39. The molecule has 21 heavy (non-hydrogen) atoms. The molecule has 1 aromatic rings. The molecule has 1 rings (SSSR count). The number of carbonyl (C=O) groups is 1. The van der Waals surface area contributed by atoms with Crippen LogP contribution in [0.1, 0.15) is 40.5 Å². The van der Waals surface area contributed by atoms with Crippen LogP contribution in [0.2, 0.25) is 0 Å². The van der Waals surface area contributed by atoms with Gasteiger partial charge in [0.15, 0.2) is 0 Å². The molecule has 2 atom stereocenters. The summed E-state index contributed by atoms with van der Waals surface area (Å²) in [5, 5.41) is 13.7. The third kappa shape index (κ3) is 7.48. The van der Waals surface area contributed by atoms with E-state index in [0.717, 1.165) is 11.4 Å². The van der Waals surface area contributed by atoms with Crippen LogP contribution in [0.3, 0.4) is 0 Å². The van der Waals surface area contributed by atoms with Gasteiger partial charge in [-0.15, -0.1) is 0 Å². The Morgan fingerprint density at radius 3 is 2.71 bits per heavy atom. The van der Waals surface area contributed by atoms with E-state index in [9.17, 15) is 9.90 Å². The summed E-state index contributed by atoms with van der Waals surface area (Å²) in [4.78, 5) is 16.3. The van der Waals surface area contributed by atoms with Crippen molar-refractivity contribution in [1.82, 2.24) is 10.3 Å². The SMILES string of the molecule is CC(C)CCC(C)(O)CNC(=O)C(C)Sc1ccccn1. The zero-order valence-electron chi connectivity index (χ0n) is 13.3. The van der Waals surface area contributed by atoms with Crippen LogP contribution in [0.15, 0.2) is 29.4 Å². The molecular weight excluding hydrogens is 284 g/mol. The Bertz CT molecular complexity index is 435. The number of rotatable bonds is 8. The van der Waals surface area contributed by atoms with E-state index in [4.69, 9.17) is 0 Å². The number of thioether (sulfide) groups is 1. The summed E-state index contributed by atoms with van der Waals surface area (Å²) in [6.07, 6.45) is 3.34. The van der Waals surface area contributed by atoms with Crippen molar-refractivity contribution in [3.63, 3.8) is 0 Å². The maximum absolute atomic E-state index is 12.1. The summed E-state index contributed by atoms with van der Waals surface area (Å²) >= 11 is 1.42. The van der Waals surface area contributed by atoms with Crippen molar-refractivity contribution in [2.24, 2.45) is 5.92 Å². The Morgan fingerprint density at radius 2 is 2.14 bits per heavy atom. The number of aliphatic hydroxyl groups is 1. The number of aromatic nitrogens is 1. The summed E-state index contributed by atoms with van der Waals surface area (Å²) in [5.41, 5.74) is -0.852. The summed E-state index contributed by atoms with van der Waals surface area (Å²) in [7, 11) is 0. The minimum absolute atomic E-state index is 0.0736. The lowest BCUT2D eigenvalue weighted by atomic mass is 9.95. The lowest BCUT2D eigenvalue weighted by molar-refractivity contribution is -0.121. The average Bonchev–Trinajstić information content (AvgIpc) is 2.44. The standard InChI is InChI=1S/C16H26N2O2S/c1-12(2)8-9-16(4,20)11-18-15(19)13(3)21-14-7-5-6-10-17-14/h5-7,10,12-13,20H,8-9,11H2,1-4H3,(H,18,19). The number of hydrogen-bond donors (Lipinski definition) is 2. The molecule has 1 heterocycles. The molecule has 0 saturated heterocycles. The Labute approximate surface area is 131 Å². The Hall–Kier alpha value is -1.07. The van der Waals surface area contributed by atoms with Gasteiger partial charge in [-0.05, 0) is 44.7 Å². The molecular formula is C16H26N2O2S. The highest BCUT2D eigenvalue weighted by Gasteiger charge is 2.23. The highest BCUT2D eigenvalue weighted by atomic mass is 32.2.